The minimum atomic E-state index is 0. The molecule has 0 unspecified atom stereocenters. The van der Waals surface area contributed by atoms with Gasteiger partial charge in [-0.3, -0.25) is 4.79 Å². The highest BCUT2D eigenvalue weighted by molar-refractivity contribution is 5.95. The highest BCUT2D eigenvalue weighted by atomic mass is 35.5. The van der Waals surface area contributed by atoms with Crippen molar-refractivity contribution in [3.05, 3.63) is 29.8 Å². The average molecular weight is 285 g/mol. The maximum atomic E-state index is 12.4. The second kappa shape index (κ2) is 8.81. The molecule has 0 aliphatic rings. The predicted octanol–water partition coefficient (Wildman–Crippen LogP) is 3.73. The molecular weight excluding hydrogens is 260 g/mol. The first-order chi connectivity index (χ1) is 8.56. The van der Waals surface area contributed by atoms with E-state index in [-0.39, 0.29) is 24.4 Å². The van der Waals surface area contributed by atoms with Gasteiger partial charge in [-0.15, -0.1) is 12.4 Å². The minimum Gasteiger partial charge on any atom is -0.399 e. The molecule has 1 aromatic carbocycles. The molecule has 1 rings (SSSR count). The van der Waals surface area contributed by atoms with Crippen LogP contribution in [0.5, 0.6) is 0 Å². The number of hydrogen-bond donors (Lipinski definition) is 1. The third-order valence-electron chi connectivity index (χ3n) is 3.02. The van der Waals surface area contributed by atoms with E-state index in [1.54, 1.807) is 12.1 Å². The van der Waals surface area contributed by atoms with Crippen LogP contribution in [0.1, 0.15) is 50.4 Å². The zero-order valence-electron chi connectivity index (χ0n) is 12.1. The molecule has 0 aliphatic carbocycles. The van der Waals surface area contributed by atoms with Gasteiger partial charge < -0.3 is 10.6 Å². The van der Waals surface area contributed by atoms with E-state index in [2.05, 4.69) is 20.8 Å². The standard InChI is InChI=1S/C15H24N2O.ClH/c1-4-5-6-10-17(12(2)3)15(18)13-8-7-9-14(16)11-13;/h7-9,11-12H,4-6,10,16H2,1-3H3;1H. The number of carbonyl (C=O) groups is 1. The van der Waals surface area contributed by atoms with E-state index in [0.29, 0.717) is 11.3 Å². The topological polar surface area (TPSA) is 46.3 Å². The number of rotatable bonds is 6. The fourth-order valence-electron chi connectivity index (χ4n) is 1.96. The summed E-state index contributed by atoms with van der Waals surface area (Å²) in [6.07, 6.45) is 3.38. The third kappa shape index (κ3) is 5.52. The minimum absolute atomic E-state index is 0. The lowest BCUT2D eigenvalue weighted by molar-refractivity contribution is 0.0702. The van der Waals surface area contributed by atoms with Crippen LogP contribution in [0.25, 0.3) is 0 Å². The lowest BCUT2D eigenvalue weighted by Gasteiger charge is -2.27. The summed E-state index contributed by atoms with van der Waals surface area (Å²) in [5.41, 5.74) is 7.04. The van der Waals surface area contributed by atoms with Gasteiger partial charge in [0.05, 0.1) is 0 Å². The first-order valence-corrected chi connectivity index (χ1v) is 6.72. The van der Waals surface area contributed by atoms with Crippen molar-refractivity contribution < 1.29 is 4.79 Å². The monoisotopic (exact) mass is 284 g/mol. The molecule has 0 atom stereocenters. The number of hydrogen-bond acceptors (Lipinski definition) is 2. The summed E-state index contributed by atoms with van der Waals surface area (Å²) in [6, 6.07) is 7.42. The van der Waals surface area contributed by atoms with Crippen molar-refractivity contribution in [2.75, 3.05) is 12.3 Å². The molecule has 1 amide bonds. The van der Waals surface area contributed by atoms with E-state index in [1.807, 2.05) is 17.0 Å². The Balaban J connectivity index is 0.00000324. The van der Waals surface area contributed by atoms with Crippen LogP contribution >= 0.6 is 12.4 Å². The molecule has 0 saturated heterocycles. The van der Waals surface area contributed by atoms with Gasteiger partial charge in [-0.25, -0.2) is 0 Å². The van der Waals surface area contributed by atoms with Crippen LogP contribution in [-0.4, -0.2) is 23.4 Å². The Morgan fingerprint density at radius 2 is 2.00 bits per heavy atom. The van der Waals surface area contributed by atoms with Gasteiger partial charge in [0.1, 0.15) is 0 Å². The van der Waals surface area contributed by atoms with Gasteiger partial charge in [-0.05, 0) is 38.5 Å². The Labute approximate surface area is 122 Å². The van der Waals surface area contributed by atoms with Gasteiger partial charge in [-0.2, -0.15) is 0 Å². The number of carbonyl (C=O) groups excluding carboxylic acids is 1. The van der Waals surface area contributed by atoms with E-state index in [1.165, 1.54) is 6.42 Å². The SMILES string of the molecule is CCCCCN(C(=O)c1cccc(N)c1)C(C)C.Cl. The molecule has 108 valence electrons. The number of halogens is 1. The highest BCUT2D eigenvalue weighted by Crippen LogP contribution is 2.13. The van der Waals surface area contributed by atoms with Crippen LogP contribution in [-0.2, 0) is 0 Å². The Hall–Kier alpha value is -1.22. The molecule has 0 radical (unpaired) electrons. The lowest BCUT2D eigenvalue weighted by Crippen LogP contribution is -2.37. The highest BCUT2D eigenvalue weighted by Gasteiger charge is 2.18. The third-order valence-corrected chi connectivity index (χ3v) is 3.02. The number of nitrogen functional groups attached to an aromatic ring is 1. The van der Waals surface area contributed by atoms with Crippen molar-refractivity contribution in [2.45, 2.75) is 46.1 Å². The van der Waals surface area contributed by atoms with E-state index in [9.17, 15) is 4.79 Å². The fourth-order valence-corrected chi connectivity index (χ4v) is 1.96. The smallest absolute Gasteiger partial charge is 0.254 e. The van der Waals surface area contributed by atoms with E-state index >= 15 is 0 Å². The average Bonchev–Trinajstić information content (AvgIpc) is 2.33. The lowest BCUT2D eigenvalue weighted by atomic mass is 10.1. The first-order valence-electron chi connectivity index (χ1n) is 6.72. The molecule has 0 saturated carbocycles. The summed E-state index contributed by atoms with van der Waals surface area (Å²) in [7, 11) is 0. The number of amides is 1. The number of benzene rings is 1. The van der Waals surface area contributed by atoms with Crippen molar-refractivity contribution >= 4 is 24.0 Å². The van der Waals surface area contributed by atoms with Crippen molar-refractivity contribution in [2.24, 2.45) is 0 Å². The van der Waals surface area contributed by atoms with Gasteiger partial charge in [0.2, 0.25) is 0 Å². The number of nitrogens with two attached hydrogens (primary N) is 1. The van der Waals surface area contributed by atoms with Crippen LogP contribution in [0.3, 0.4) is 0 Å². The normalized spacial score (nSPS) is 10.1. The fraction of sp³-hybridized carbons (Fsp3) is 0.533. The van der Waals surface area contributed by atoms with Crippen LogP contribution in [0.4, 0.5) is 5.69 Å². The van der Waals surface area contributed by atoms with Gasteiger partial charge in [0, 0.05) is 23.8 Å². The number of anilines is 1. The maximum absolute atomic E-state index is 12.4. The Morgan fingerprint density at radius 1 is 1.32 bits per heavy atom. The quantitative estimate of drug-likeness (QED) is 0.639. The maximum Gasteiger partial charge on any atom is 0.254 e. The molecular formula is C15H25ClN2O. The van der Waals surface area contributed by atoms with Crippen molar-refractivity contribution in [3.8, 4) is 0 Å². The second-order valence-electron chi connectivity index (χ2n) is 4.92. The van der Waals surface area contributed by atoms with Gasteiger partial charge >= 0.3 is 0 Å². The molecule has 1 aromatic rings. The zero-order chi connectivity index (χ0) is 13.5. The molecule has 2 N–H and O–H groups in total. The molecule has 3 nitrogen and oxygen atoms in total. The van der Waals surface area contributed by atoms with Gasteiger partial charge in [0.25, 0.3) is 5.91 Å². The molecule has 0 aliphatic heterocycles. The van der Waals surface area contributed by atoms with E-state index in [4.69, 9.17) is 5.73 Å². The molecule has 4 heteroatoms. The molecule has 0 spiro atoms. The second-order valence-corrected chi connectivity index (χ2v) is 4.92. The first kappa shape index (κ1) is 17.8. The summed E-state index contributed by atoms with van der Waals surface area (Å²) in [6.45, 7) is 7.09. The van der Waals surface area contributed by atoms with Crippen LogP contribution in [0.2, 0.25) is 0 Å². The Morgan fingerprint density at radius 3 is 2.53 bits per heavy atom. The summed E-state index contributed by atoms with van der Waals surface area (Å²) in [5.74, 6) is 0.0772. The summed E-state index contributed by atoms with van der Waals surface area (Å²) < 4.78 is 0. The largest absolute Gasteiger partial charge is 0.399 e. The summed E-state index contributed by atoms with van der Waals surface area (Å²) >= 11 is 0. The number of nitrogens with zero attached hydrogens (tertiary/aromatic N) is 1. The molecule has 0 fully saturated rings. The van der Waals surface area contributed by atoms with Crippen LogP contribution in [0.15, 0.2) is 24.3 Å². The van der Waals surface area contributed by atoms with Crippen LogP contribution < -0.4 is 5.73 Å². The summed E-state index contributed by atoms with van der Waals surface area (Å²) in [5, 5.41) is 0. The molecule has 0 aromatic heterocycles. The molecule has 0 heterocycles. The van der Waals surface area contributed by atoms with Crippen molar-refractivity contribution in [3.63, 3.8) is 0 Å². The molecule has 0 bridgehead atoms. The van der Waals surface area contributed by atoms with E-state index in [0.717, 1.165) is 19.4 Å². The Bertz CT molecular complexity index is 393. The summed E-state index contributed by atoms with van der Waals surface area (Å²) in [4.78, 5) is 14.3. The van der Waals surface area contributed by atoms with Gasteiger partial charge in [0.15, 0.2) is 0 Å². The molecule has 19 heavy (non-hydrogen) atoms. The number of unbranched alkanes of at least 4 members (excludes halogenated alkanes) is 2. The van der Waals surface area contributed by atoms with Gasteiger partial charge in [-0.1, -0.05) is 25.8 Å². The van der Waals surface area contributed by atoms with E-state index < -0.39 is 0 Å². The Kier molecular flexibility index (Phi) is 8.24. The van der Waals surface area contributed by atoms with Crippen molar-refractivity contribution in [1.29, 1.82) is 0 Å². The van der Waals surface area contributed by atoms with Crippen molar-refractivity contribution in [1.82, 2.24) is 4.90 Å². The zero-order valence-corrected chi connectivity index (χ0v) is 12.9. The van der Waals surface area contributed by atoms with Crippen LogP contribution in [0, 0.1) is 0 Å². The predicted molar refractivity (Wildman–Crippen MR) is 83.8 cm³/mol.